The summed E-state index contributed by atoms with van der Waals surface area (Å²) in [6.45, 7) is 0. The van der Waals surface area contributed by atoms with Gasteiger partial charge in [0.15, 0.2) is 0 Å². The van der Waals surface area contributed by atoms with Crippen LogP contribution in [0.25, 0.3) is 72.1 Å². The standard InChI is InChI=1S/C73H49N9S2/c1-4-20-46(21-5-1)49-38-42-58-53(44-49)51-40-41-52-54-45-50(47-22-6-2-7-23-47)39-43-59(54)82(70(52)69(51)81(58)68-37-19-28-57(75-68)56-27-18-26-55(74-56)48-24-8-3-9-25-48)73-77-71(79-60-29-10-14-33-64(60)83-65-34-15-11-30-61(65)79)76-72(78-73)80-62-31-12-16-35-66(62)84-67-36-17-13-32-63(67)80/h1,3-6,8-26,28-45,56H,2,7,27H2. The van der Waals surface area contributed by atoms with Crippen molar-refractivity contribution in [2.75, 3.05) is 9.80 Å². The minimum absolute atomic E-state index is 0.176. The van der Waals surface area contributed by atoms with Crippen LogP contribution in [-0.2, 0) is 0 Å². The molecule has 398 valence electrons. The van der Waals surface area contributed by atoms with Gasteiger partial charge in [0.05, 0.1) is 62.3 Å². The van der Waals surface area contributed by atoms with Crippen LogP contribution in [0.4, 0.5) is 34.6 Å². The number of nitrogens with zero attached hydrogens (tertiary/aromatic N) is 9. The Morgan fingerprint density at radius 1 is 0.381 bits per heavy atom. The van der Waals surface area contributed by atoms with E-state index >= 15 is 0 Å². The van der Waals surface area contributed by atoms with Crippen molar-refractivity contribution >= 4 is 113 Å². The quantitative estimate of drug-likeness (QED) is 0.149. The van der Waals surface area contributed by atoms with Gasteiger partial charge in [-0.05, 0) is 138 Å². The molecule has 11 heteroatoms. The van der Waals surface area contributed by atoms with Crippen LogP contribution in [0, 0.1) is 0 Å². The van der Waals surface area contributed by atoms with Crippen molar-refractivity contribution in [2.24, 2.45) is 4.99 Å². The molecule has 13 aromatic rings. The fraction of sp³-hybridized carbons (Fsp3) is 0.0548. The Hall–Kier alpha value is -10.1. The number of rotatable bonds is 8. The van der Waals surface area contributed by atoms with E-state index in [1.165, 1.54) is 5.57 Å². The number of fused-ring (bicyclic) bond motifs is 11. The van der Waals surface area contributed by atoms with Crippen LogP contribution in [0.3, 0.4) is 0 Å². The van der Waals surface area contributed by atoms with Crippen LogP contribution in [0.2, 0.25) is 0 Å². The zero-order valence-corrected chi connectivity index (χ0v) is 46.9. The lowest BCUT2D eigenvalue weighted by molar-refractivity contribution is 0.707. The van der Waals surface area contributed by atoms with Gasteiger partial charge in [-0.2, -0.15) is 15.0 Å². The third kappa shape index (κ3) is 7.98. The van der Waals surface area contributed by atoms with E-state index in [2.05, 4.69) is 268 Å². The summed E-state index contributed by atoms with van der Waals surface area (Å²) < 4.78 is 4.68. The summed E-state index contributed by atoms with van der Waals surface area (Å²) in [4.78, 5) is 37.2. The molecular weight excluding hydrogens is 1070 g/mol. The fourth-order valence-corrected chi connectivity index (χ4v) is 14.8. The van der Waals surface area contributed by atoms with E-state index in [1.54, 1.807) is 23.5 Å². The second-order valence-corrected chi connectivity index (χ2v) is 23.6. The van der Waals surface area contributed by atoms with Crippen LogP contribution < -0.4 is 9.80 Å². The molecule has 0 bridgehead atoms. The van der Waals surface area contributed by atoms with Crippen molar-refractivity contribution in [2.45, 2.75) is 44.9 Å². The van der Waals surface area contributed by atoms with E-state index in [0.717, 1.165) is 145 Å². The average molecular weight is 1120 g/mol. The Morgan fingerprint density at radius 2 is 0.905 bits per heavy atom. The van der Waals surface area contributed by atoms with Crippen LogP contribution in [-0.4, -0.2) is 34.8 Å². The Kier molecular flexibility index (Phi) is 11.5. The molecule has 3 aliphatic heterocycles. The molecule has 0 fully saturated rings. The molecule has 0 saturated heterocycles. The first kappa shape index (κ1) is 48.6. The second-order valence-electron chi connectivity index (χ2n) is 21.4. The molecule has 84 heavy (non-hydrogen) atoms. The Bertz CT molecular complexity index is 4770. The highest BCUT2D eigenvalue weighted by Crippen LogP contribution is 2.54. The first-order valence-corrected chi connectivity index (χ1v) is 30.1. The lowest BCUT2D eigenvalue weighted by atomic mass is 9.98. The smallest absolute Gasteiger partial charge is 0.241 e. The number of para-hydroxylation sites is 4. The minimum Gasteiger partial charge on any atom is -0.292 e. The third-order valence-electron chi connectivity index (χ3n) is 16.5. The normalized spacial score (nSPS) is 15.3. The topological polar surface area (TPSA) is 80.3 Å². The van der Waals surface area contributed by atoms with E-state index in [-0.39, 0.29) is 6.04 Å². The number of benzene rings is 9. The Labute approximate surface area is 493 Å². The molecule has 0 radical (unpaired) electrons. The molecule has 1 atom stereocenters. The maximum atomic E-state index is 5.80. The van der Waals surface area contributed by atoms with Crippen LogP contribution in [0.1, 0.15) is 42.1 Å². The van der Waals surface area contributed by atoms with Crippen molar-refractivity contribution in [1.82, 2.24) is 29.1 Å². The highest BCUT2D eigenvalue weighted by molar-refractivity contribution is 8.00. The molecule has 0 saturated carbocycles. The van der Waals surface area contributed by atoms with E-state index in [9.17, 15) is 0 Å². The van der Waals surface area contributed by atoms with Crippen LogP contribution in [0.15, 0.2) is 279 Å². The zero-order valence-electron chi connectivity index (χ0n) is 45.3. The SMILES string of the molecule is C1=CC(c2ccc3c(c2)c2ccc4c5cc(-c6ccccc6)ccc5n(-c5cccc(C6CC=CC(c7ccccc7)=N6)n5)c4c2n3-c2nc(N3c4ccccc4Sc4ccccc43)nc(N3c4ccccc4Sc4ccccc43)n2)=CCC1. The van der Waals surface area contributed by atoms with Gasteiger partial charge in [-0.25, -0.2) is 4.98 Å². The molecule has 7 heterocycles. The molecule has 17 rings (SSSR count). The largest absolute Gasteiger partial charge is 0.292 e. The average Bonchev–Trinajstić information content (AvgIpc) is 2.12. The lowest BCUT2D eigenvalue weighted by Gasteiger charge is -2.33. The predicted molar refractivity (Wildman–Crippen MR) is 345 cm³/mol. The van der Waals surface area contributed by atoms with Crippen LogP contribution >= 0.6 is 23.5 Å². The zero-order chi connectivity index (χ0) is 55.2. The molecule has 0 N–H and O–H groups in total. The molecule has 9 aromatic carbocycles. The van der Waals surface area contributed by atoms with Crippen molar-refractivity contribution in [3.63, 3.8) is 0 Å². The van der Waals surface area contributed by atoms with Gasteiger partial charge in [0, 0.05) is 41.1 Å². The monoisotopic (exact) mass is 1120 g/mol. The highest BCUT2D eigenvalue weighted by atomic mass is 32.2. The van der Waals surface area contributed by atoms with Gasteiger partial charge in [-0.3, -0.25) is 23.9 Å². The van der Waals surface area contributed by atoms with Crippen molar-refractivity contribution in [3.8, 4) is 22.9 Å². The summed E-state index contributed by atoms with van der Waals surface area (Å²) in [5.74, 6) is 2.27. The third-order valence-corrected chi connectivity index (χ3v) is 18.7. The maximum Gasteiger partial charge on any atom is 0.241 e. The summed E-state index contributed by atoms with van der Waals surface area (Å²) in [5, 5.41) is 4.34. The first-order valence-electron chi connectivity index (χ1n) is 28.5. The maximum absolute atomic E-state index is 5.80. The summed E-state index contributed by atoms with van der Waals surface area (Å²) >= 11 is 3.53. The lowest BCUT2D eigenvalue weighted by Crippen LogP contribution is -2.23. The van der Waals surface area contributed by atoms with Crippen molar-refractivity contribution < 1.29 is 0 Å². The number of allylic oxidation sites excluding steroid dienone is 5. The molecule has 4 aromatic heterocycles. The van der Waals surface area contributed by atoms with Crippen molar-refractivity contribution in [3.05, 3.63) is 272 Å². The number of aromatic nitrogens is 6. The Morgan fingerprint density at radius 3 is 1.50 bits per heavy atom. The van der Waals surface area contributed by atoms with Crippen molar-refractivity contribution in [1.29, 1.82) is 0 Å². The summed E-state index contributed by atoms with van der Waals surface area (Å²) in [5.41, 5.74) is 15.5. The van der Waals surface area contributed by atoms with Gasteiger partial charge in [0.1, 0.15) is 5.82 Å². The molecule has 1 aliphatic carbocycles. The van der Waals surface area contributed by atoms with Gasteiger partial charge in [-0.15, -0.1) is 0 Å². The number of hydrogen-bond acceptors (Lipinski definition) is 9. The van der Waals surface area contributed by atoms with E-state index < -0.39 is 0 Å². The van der Waals surface area contributed by atoms with Gasteiger partial charge in [-0.1, -0.05) is 187 Å². The van der Waals surface area contributed by atoms with E-state index in [0.29, 0.717) is 17.8 Å². The number of hydrogen-bond donors (Lipinski definition) is 0. The van der Waals surface area contributed by atoms with Gasteiger partial charge in [0.2, 0.25) is 17.8 Å². The summed E-state index contributed by atoms with van der Waals surface area (Å²) in [7, 11) is 0. The molecular formula is C73H49N9S2. The minimum atomic E-state index is -0.176. The van der Waals surface area contributed by atoms with Gasteiger partial charge in [0.25, 0.3) is 0 Å². The number of anilines is 6. The summed E-state index contributed by atoms with van der Waals surface area (Å²) in [6.07, 6.45) is 14.0. The van der Waals surface area contributed by atoms with E-state index in [1.807, 2.05) is 6.07 Å². The number of pyridine rings is 1. The van der Waals surface area contributed by atoms with E-state index in [4.69, 9.17) is 24.9 Å². The number of dihydropyridines is 1. The van der Waals surface area contributed by atoms with Gasteiger partial charge < -0.3 is 0 Å². The molecule has 1 unspecified atom stereocenters. The molecule has 0 amide bonds. The fourth-order valence-electron chi connectivity index (χ4n) is 12.6. The molecule has 9 nitrogen and oxygen atoms in total. The molecule has 4 aliphatic rings. The molecule has 0 spiro atoms. The predicted octanol–water partition coefficient (Wildman–Crippen LogP) is 19.2. The van der Waals surface area contributed by atoms with Gasteiger partial charge >= 0.3 is 0 Å². The first-order chi connectivity index (χ1) is 41.6. The number of aliphatic imine (C=N–C) groups is 1. The second kappa shape index (κ2) is 19.8. The van der Waals surface area contributed by atoms with Crippen LogP contribution in [0.5, 0.6) is 0 Å². The summed E-state index contributed by atoms with van der Waals surface area (Å²) in [6, 6.07) is 79.9. The Balaban J connectivity index is 0.991. The highest BCUT2D eigenvalue weighted by Gasteiger charge is 2.33.